The second-order valence-electron chi connectivity index (χ2n) is 8.61. The first-order chi connectivity index (χ1) is 17.9. The number of hydrogen-bond donors (Lipinski definition) is 0. The second kappa shape index (κ2) is 10.1. The van der Waals surface area contributed by atoms with Crippen LogP contribution in [0.25, 0.3) is 16.7 Å². The molecule has 0 radical (unpaired) electrons. The Bertz CT molecular complexity index is 1610. The number of ether oxygens (including phenoxy) is 1. The van der Waals surface area contributed by atoms with E-state index in [1.54, 1.807) is 23.9 Å². The Morgan fingerprint density at radius 3 is 2.38 bits per heavy atom. The molecule has 3 aromatic carbocycles. The molecule has 0 saturated heterocycles. The molecule has 0 N–H and O–H groups in total. The van der Waals surface area contributed by atoms with E-state index < -0.39 is 5.82 Å². The van der Waals surface area contributed by atoms with Crippen LogP contribution in [0.3, 0.4) is 0 Å². The lowest BCUT2D eigenvalue weighted by molar-refractivity contribution is -0.119. The van der Waals surface area contributed by atoms with E-state index in [-0.39, 0.29) is 24.6 Å². The maximum Gasteiger partial charge on any atom is 0.264 e. The second-order valence-corrected chi connectivity index (χ2v) is 8.61. The van der Waals surface area contributed by atoms with Gasteiger partial charge in [-0.05, 0) is 61.0 Å². The largest absolute Gasteiger partial charge is 0.497 e. The van der Waals surface area contributed by atoms with E-state index in [0.717, 1.165) is 16.8 Å². The van der Waals surface area contributed by atoms with Crippen LogP contribution in [-0.4, -0.2) is 32.3 Å². The monoisotopic (exact) mass is 497 g/mol. The fourth-order valence-electron chi connectivity index (χ4n) is 4.03. The van der Waals surface area contributed by atoms with Gasteiger partial charge in [-0.25, -0.2) is 14.1 Å². The van der Waals surface area contributed by atoms with E-state index >= 15 is 0 Å². The van der Waals surface area contributed by atoms with Crippen LogP contribution in [0.1, 0.15) is 11.1 Å². The molecule has 5 rings (SSSR count). The zero-order chi connectivity index (χ0) is 25.9. The number of benzene rings is 3. The van der Waals surface area contributed by atoms with E-state index in [4.69, 9.17) is 4.74 Å². The number of anilines is 1. The summed E-state index contributed by atoms with van der Waals surface area (Å²) in [4.78, 5) is 32.6. The molecule has 0 atom stereocenters. The van der Waals surface area contributed by atoms with Gasteiger partial charge >= 0.3 is 0 Å². The van der Waals surface area contributed by atoms with Crippen LogP contribution in [0.15, 0.2) is 90.1 Å². The standard InChI is InChI=1S/C28H24FN5O3/c1-19-3-9-23(10-4-19)34-27-25(15-31-34)28(36)32(18-30-27)17-26(35)33(22-11-7-21(29)8-12-22)16-20-5-13-24(37-2)14-6-20/h3-15,18H,16-17H2,1-2H3. The lowest BCUT2D eigenvalue weighted by atomic mass is 10.2. The lowest BCUT2D eigenvalue weighted by Gasteiger charge is -2.23. The number of amides is 1. The highest BCUT2D eigenvalue weighted by Gasteiger charge is 2.19. The smallest absolute Gasteiger partial charge is 0.264 e. The van der Waals surface area contributed by atoms with Gasteiger partial charge in [-0.1, -0.05) is 29.8 Å². The van der Waals surface area contributed by atoms with Gasteiger partial charge < -0.3 is 9.64 Å². The Kier molecular flexibility index (Phi) is 6.51. The Morgan fingerprint density at radius 1 is 1.00 bits per heavy atom. The molecule has 0 spiro atoms. The molecule has 0 aliphatic heterocycles. The molecule has 0 bridgehead atoms. The summed E-state index contributed by atoms with van der Waals surface area (Å²) >= 11 is 0. The van der Waals surface area contributed by atoms with Gasteiger partial charge in [0.05, 0.1) is 25.5 Å². The molecule has 5 aromatic rings. The van der Waals surface area contributed by atoms with Gasteiger partial charge in [0.2, 0.25) is 5.91 Å². The van der Waals surface area contributed by atoms with Crippen LogP contribution < -0.4 is 15.2 Å². The summed E-state index contributed by atoms with van der Waals surface area (Å²) in [6.07, 6.45) is 2.81. The molecule has 0 fully saturated rings. The van der Waals surface area contributed by atoms with Crippen LogP contribution in [0, 0.1) is 12.7 Å². The number of aromatic nitrogens is 4. The lowest BCUT2D eigenvalue weighted by Crippen LogP contribution is -2.36. The first kappa shape index (κ1) is 23.9. The minimum atomic E-state index is -0.406. The number of nitrogens with zero attached hydrogens (tertiary/aromatic N) is 5. The van der Waals surface area contributed by atoms with Crippen LogP contribution >= 0.6 is 0 Å². The Morgan fingerprint density at radius 2 is 1.70 bits per heavy atom. The van der Waals surface area contributed by atoms with Crippen LogP contribution in [0.5, 0.6) is 5.75 Å². The number of hydrogen-bond acceptors (Lipinski definition) is 5. The summed E-state index contributed by atoms with van der Waals surface area (Å²) in [5.41, 5.74) is 3.28. The molecule has 9 heteroatoms. The summed E-state index contributed by atoms with van der Waals surface area (Å²) in [5, 5.41) is 4.64. The Labute approximate surface area is 212 Å². The van der Waals surface area contributed by atoms with Crippen LogP contribution in [-0.2, 0) is 17.9 Å². The van der Waals surface area contributed by atoms with Crippen molar-refractivity contribution in [1.82, 2.24) is 19.3 Å². The average molecular weight is 498 g/mol. The van der Waals surface area contributed by atoms with Gasteiger partial charge in [-0.15, -0.1) is 0 Å². The summed E-state index contributed by atoms with van der Waals surface area (Å²) in [6, 6.07) is 20.7. The van der Waals surface area contributed by atoms with Crippen LogP contribution in [0.4, 0.5) is 10.1 Å². The first-order valence-corrected chi connectivity index (χ1v) is 11.6. The predicted molar refractivity (Wildman–Crippen MR) is 138 cm³/mol. The Balaban J connectivity index is 1.45. The molecule has 0 unspecified atom stereocenters. The molecular weight excluding hydrogens is 473 g/mol. The van der Waals surface area contributed by atoms with Crippen molar-refractivity contribution in [3.63, 3.8) is 0 Å². The van der Waals surface area contributed by atoms with Crippen molar-refractivity contribution in [3.8, 4) is 11.4 Å². The molecule has 1 amide bonds. The number of fused-ring (bicyclic) bond motifs is 1. The van der Waals surface area contributed by atoms with Gasteiger partial charge in [0.15, 0.2) is 5.65 Å². The highest BCUT2D eigenvalue weighted by molar-refractivity contribution is 5.93. The summed E-state index contributed by atoms with van der Waals surface area (Å²) in [5.74, 6) is -0.0609. The number of halogens is 1. The predicted octanol–water partition coefficient (Wildman–Crippen LogP) is 4.27. The van der Waals surface area contributed by atoms with E-state index in [0.29, 0.717) is 22.5 Å². The molecule has 0 aliphatic rings. The third-order valence-electron chi connectivity index (χ3n) is 6.08. The highest BCUT2D eigenvalue weighted by Crippen LogP contribution is 2.21. The molecule has 8 nitrogen and oxygen atoms in total. The highest BCUT2D eigenvalue weighted by atomic mass is 19.1. The van der Waals surface area contributed by atoms with Crippen molar-refractivity contribution in [2.24, 2.45) is 0 Å². The topological polar surface area (TPSA) is 82.2 Å². The van der Waals surface area contributed by atoms with Gasteiger partial charge in [0.25, 0.3) is 5.56 Å². The third-order valence-corrected chi connectivity index (χ3v) is 6.08. The fraction of sp³-hybridized carbons (Fsp3) is 0.143. The van der Waals surface area contributed by atoms with Gasteiger partial charge in [0, 0.05) is 5.69 Å². The molecular formula is C28H24FN5O3. The quantitative estimate of drug-likeness (QED) is 0.335. The number of carbonyl (C=O) groups is 1. The number of rotatable bonds is 7. The SMILES string of the molecule is COc1ccc(CN(C(=O)Cn2cnc3c(cnn3-c3ccc(C)cc3)c2=O)c2ccc(F)cc2)cc1. The van der Waals surface area contributed by atoms with Gasteiger partial charge in [-0.2, -0.15) is 5.10 Å². The number of carbonyl (C=O) groups excluding carboxylic acids is 1. The molecule has 37 heavy (non-hydrogen) atoms. The van der Waals surface area contributed by atoms with E-state index in [1.165, 1.54) is 46.3 Å². The molecule has 0 saturated carbocycles. The van der Waals surface area contributed by atoms with Crippen molar-refractivity contribution in [1.29, 1.82) is 0 Å². The molecule has 2 aromatic heterocycles. The van der Waals surface area contributed by atoms with Crippen molar-refractivity contribution in [2.45, 2.75) is 20.0 Å². The molecule has 186 valence electrons. The van der Waals surface area contributed by atoms with Gasteiger partial charge in [0.1, 0.15) is 29.8 Å². The van der Waals surface area contributed by atoms with E-state index in [9.17, 15) is 14.0 Å². The van der Waals surface area contributed by atoms with Crippen molar-refractivity contribution >= 4 is 22.6 Å². The van der Waals surface area contributed by atoms with Crippen LogP contribution in [0.2, 0.25) is 0 Å². The van der Waals surface area contributed by atoms with E-state index in [2.05, 4.69) is 10.1 Å². The minimum Gasteiger partial charge on any atom is -0.497 e. The maximum absolute atomic E-state index is 13.6. The minimum absolute atomic E-state index is 0.226. The van der Waals surface area contributed by atoms with E-state index in [1.807, 2.05) is 43.3 Å². The zero-order valence-electron chi connectivity index (χ0n) is 20.3. The number of methoxy groups -OCH3 is 1. The van der Waals surface area contributed by atoms with Gasteiger partial charge in [-0.3, -0.25) is 14.2 Å². The molecule has 2 heterocycles. The maximum atomic E-state index is 13.6. The summed E-state index contributed by atoms with van der Waals surface area (Å²) in [6.45, 7) is 1.97. The fourth-order valence-corrected chi connectivity index (χ4v) is 4.03. The Hall–Kier alpha value is -4.79. The molecule has 0 aliphatic carbocycles. The van der Waals surface area contributed by atoms with Crippen molar-refractivity contribution in [2.75, 3.05) is 12.0 Å². The first-order valence-electron chi connectivity index (χ1n) is 11.6. The summed E-state index contributed by atoms with van der Waals surface area (Å²) < 4.78 is 21.6. The number of aryl methyl sites for hydroxylation is 1. The third kappa shape index (κ3) is 4.97. The summed E-state index contributed by atoms with van der Waals surface area (Å²) in [7, 11) is 1.58. The average Bonchev–Trinajstić information content (AvgIpc) is 3.35. The zero-order valence-corrected chi connectivity index (χ0v) is 20.3. The normalized spacial score (nSPS) is 11.0. The van der Waals surface area contributed by atoms with Crippen molar-refractivity contribution in [3.05, 3.63) is 113 Å². The van der Waals surface area contributed by atoms with Crippen molar-refractivity contribution < 1.29 is 13.9 Å².